The zero-order valence-electron chi connectivity index (χ0n) is 13.0. The molecule has 1 aliphatic rings. The number of hydrogen-bond acceptors (Lipinski definition) is 2. The molecule has 1 heterocycles. The highest BCUT2D eigenvalue weighted by molar-refractivity contribution is 5.18. The highest BCUT2D eigenvalue weighted by Gasteiger charge is 2.08. The van der Waals surface area contributed by atoms with Crippen LogP contribution in [0.25, 0.3) is 0 Å². The minimum Gasteiger partial charge on any atom is -0.317 e. The van der Waals surface area contributed by atoms with E-state index in [4.69, 9.17) is 0 Å². The van der Waals surface area contributed by atoms with E-state index in [9.17, 15) is 0 Å². The molecule has 112 valence electrons. The van der Waals surface area contributed by atoms with E-state index in [0.29, 0.717) is 5.92 Å². The van der Waals surface area contributed by atoms with Gasteiger partial charge in [0.1, 0.15) is 0 Å². The van der Waals surface area contributed by atoms with Crippen LogP contribution in [0.5, 0.6) is 0 Å². The molecule has 1 saturated heterocycles. The molecule has 0 spiro atoms. The Bertz CT molecular complexity index is 344. The predicted octanol–water partition coefficient (Wildman–Crippen LogP) is 3.65. The summed E-state index contributed by atoms with van der Waals surface area (Å²) in [5, 5.41) is 3.60. The molecule has 1 aromatic rings. The summed E-state index contributed by atoms with van der Waals surface area (Å²) < 4.78 is 0. The van der Waals surface area contributed by atoms with Gasteiger partial charge in [-0.1, -0.05) is 43.7 Å². The van der Waals surface area contributed by atoms with E-state index in [1.807, 2.05) is 0 Å². The van der Waals surface area contributed by atoms with Gasteiger partial charge in [-0.3, -0.25) is 0 Å². The van der Waals surface area contributed by atoms with Crippen LogP contribution in [0.1, 0.15) is 50.5 Å². The molecule has 1 atom stereocenters. The number of likely N-dealkylation sites (tertiary alicyclic amines) is 1. The Hall–Kier alpha value is -0.860. The van der Waals surface area contributed by atoms with Crippen molar-refractivity contribution >= 4 is 0 Å². The first-order valence-corrected chi connectivity index (χ1v) is 8.34. The standard InChI is InChI=1S/C18H30N2/c1-17(18-9-4-2-5-10-18)11-13-19-12-8-16-20-14-6-3-7-15-20/h2,4-5,9-10,17,19H,3,6-8,11-16H2,1H3. The zero-order valence-corrected chi connectivity index (χ0v) is 13.0. The number of hydrogen-bond donors (Lipinski definition) is 1. The Labute approximate surface area is 124 Å². The maximum Gasteiger partial charge on any atom is -0.000664 e. The second-order valence-corrected chi connectivity index (χ2v) is 6.11. The number of benzene rings is 1. The average Bonchev–Trinajstić information content (AvgIpc) is 2.52. The summed E-state index contributed by atoms with van der Waals surface area (Å²) in [7, 11) is 0. The summed E-state index contributed by atoms with van der Waals surface area (Å²) in [6.07, 6.45) is 6.77. The molecule has 0 saturated carbocycles. The Morgan fingerprint density at radius 1 is 1.05 bits per heavy atom. The van der Waals surface area contributed by atoms with Crippen molar-refractivity contribution < 1.29 is 0 Å². The summed E-state index contributed by atoms with van der Waals surface area (Å²) in [6.45, 7) is 8.55. The molecule has 2 heteroatoms. The van der Waals surface area contributed by atoms with Crippen molar-refractivity contribution in [2.45, 2.75) is 44.9 Å². The molecule has 2 rings (SSSR count). The van der Waals surface area contributed by atoms with Gasteiger partial charge in [0, 0.05) is 0 Å². The third-order valence-electron chi connectivity index (χ3n) is 4.40. The molecular weight excluding hydrogens is 244 g/mol. The summed E-state index contributed by atoms with van der Waals surface area (Å²) >= 11 is 0. The van der Waals surface area contributed by atoms with E-state index in [1.165, 1.54) is 57.3 Å². The summed E-state index contributed by atoms with van der Waals surface area (Å²) in [5.74, 6) is 0.658. The Kier molecular flexibility index (Phi) is 7.10. The van der Waals surface area contributed by atoms with E-state index >= 15 is 0 Å². The van der Waals surface area contributed by atoms with Crippen LogP contribution in [0.4, 0.5) is 0 Å². The van der Waals surface area contributed by atoms with Crippen LogP contribution in [0.2, 0.25) is 0 Å². The number of nitrogens with one attached hydrogen (secondary N) is 1. The van der Waals surface area contributed by atoms with Crippen molar-refractivity contribution in [3.05, 3.63) is 35.9 Å². The quantitative estimate of drug-likeness (QED) is 0.728. The average molecular weight is 274 g/mol. The molecule has 1 N–H and O–H groups in total. The fourth-order valence-electron chi connectivity index (χ4n) is 3.00. The van der Waals surface area contributed by atoms with Crippen LogP contribution in [-0.2, 0) is 0 Å². The summed E-state index contributed by atoms with van der Waals surface area (Å²) in [6, 6.07) is 10.8. The molecule has 0 amide bonds. The fraction of sp³-hybridized carbons (Fsp3) is 0.667. The summed E-state index contributed by atoms with van der Waals surface area (Å²) in [4.78, 5) is 2.62. The van der Waals surface area contributed by atoms with Gasteiger partial charge < -0.3 is 10.2 Å². The van der Waals surface area contributed by atoms with Crippen molar-refractivity contribution in [3.8, 4) is 0 Å². The third-order valence-corrected chi connectivity index (χ3v) is 4.40. The molecule has 20 heavy (non-hydrogen) atoms. The van der Waals surface area contributed by atoms with Crippen LogP contribution in [0, 0.1) is 0 Å². The lowest BCUT2D eigenvalue weighted by atomic mass is 9.98. The molecular formula is C18H30N2. The van der Waals surface area contributed by atoms with Crippen molar-refractivity contribution in [3.63, 3.8) is 0 Å². The highest BCUT2D eigenvalue weighted by atomic mass is 15.1. The maximum absolute atomic E-state index is 3.60. The first-order chi connectivity index (χ1) is 9.86. The van der Waals surface area contributed by atoms with Gasteiger partial charge in [0.2, 0.25) is 0 Å². The topological polar surface area (TPSA) is 15.3 Å². The zero-order chi connectivity index (χ0) is 14.0. The van der Waals surface area contributed by atoms with Crippen molar-refractivity contribution in [1.82, 2.24) is 10.2 Å². The predicted molar refractivity (Wildman–Crippen MR) is 87.3 cm³/mol. The maximum atomic E-state index is 3.60. The lowest BCUT2D eigenvalue weighted by Gasteiger charge is -2.26. The van der Waals surface area contributed by atoms with Crippen LogP contribution >= 0.6 is 0 Å². The number of nitrogens with zero attached hydrogens (tertiary/aromatic N) is 1. The van der Waals surface area contributed by atoms with Crippen LogP contribution in [0.15, 0.2) is 30.3 Å². The molecule has 1 unspecified atom stereocenters. The minimum atomic E-state index is 0.658. The van der Waals surface area contributed by atoms with Crippen molar-refractivity contribution in [1.29, 1.82) is 0 Å². The second kappa shape index (κ2) is 9.15. The van der Waals surface area contributed by atoms with Gasteiger partial charge in [0.25, 0.3) is 0 Å². The molecule has 1 aromatic carbocycles. The van der Waals surface area contributed by atoms with Crippen molar-refractivity contribution in [2.24, 2.45) is 0 Å². The number of rotatable bonds is 8. The van der Waals surface area contributed by atoms with E-state index in [2.05, 4.69) is 47.5 Å². The Morgan fingerprint density at radius 3 is 2.55 bits per heavy atom. The molecule has 1 aliphatic heterocycles. The second-order valence-electron chi connectivity index (χ2n) is 6.11. The van der Waals surface area contributed by atoms with Crippen molar-refractivity contribution in [2.75, 3.05) is 32.7 Å². The van der Waals surface area contributed by atoms with Gasteiger partial charge in [-0.25, -0.2) is 0 Å². The van der Waals surface area contributed by atoms with Gasteiger partial charge in [-0.05, 0) is 69.9 Å². The molecule has 0 aliphatic carbocycles. The van der Waals surface area contributed by atoms with Gasteiger partial charge in [-0.2, -0.15) is 0 Å². The van der Waals surface area contributed by atoms with E-state index in [0.717, 1.165) is 13.1 Å². The molecule has 0 aromatic heterocycles. The van der Waals surface area contributed by atoms with Crippen LogP contribution < -0.4 is 5.32 Å². The van der Waals surface area contributed by atoms with Crippen LogP contribution in [0.3, 0.4) is 0 Å². The van der Waals surface area contributed by atoms with Gasteiger partial charge in [0.15, 0.2) is 0 Å². The van der Waals surface area contributed by atoms with E-state index in [1.54, 1.807) is 0 Å². The van der Waals surface area contributed by atoms with Crippen LogP contribution in [-0.4, -0.2) is 37.6 Å². The number of piperidine rings is 1. The third kappa shape index (κ3) is 5.64. The highest BCUT2D eigenvalue weighted by Crippen LogP contribution is 2.17. The normalized spacial score (nSPS) is 18.1. The smallest absolute Gasteiger partial charge is 0.000664 e. The SMILES string of the molecule is CC(CCNCCCN1CCCCC1)c1ccccc1. The van der Waals surface area contributed by atoms with E-state index < -0.39 is 0 Å². The minimum absolute atomic E-state index is 0.658. The largest absolute Gasteiger partial charge is 0.317 e. The lowest BCUT2D eigenvalue weighted by molar-refractivity contribution is 0.225. The Balaban J connectivity index is 1.49. The molecule has 0 bridgehead atoms. The van der Waals surface area contributed by atoms with Gasteiger partial charge in [0.05, 0.1) is 0 Å². The molecule has 2 nitrogen and oxygen atoms in total. The molecule has 0 radical (unpaired) electrons. The van der Waals surface area contributed by atoms with Gasteiger partial charge in [-0.15, -0.1) is 0 Å². The first kappa shape index (κ1) is 15.5. The fourth-order valence-corrected chi connectivity index (χ4v) is 3.00. The van der Waals surface area contributed by atoms with E-state index in [-0.39, 0.29) is 0 Å². The molecule has 1 fully saturated rings. The Morgan fingerprint density at radius 2 is 1.80 bits per heavy atom. The summed E-state index contributed by atoms with van der Waals surface area (Å²) in [5.41, 5.74) is 1.46. The monoisotopic (exact) mass is 274 g/mol. The first-order valence-electron chi connectivity index (χ1n) is 8.34. The lowest BCUT2D eigenvalue weighted by Crippen LogP contribution is -2.32. The van der Waals surface area contributed by atoms with Gasteiger partial charge >= 0.3 is 0 Å².